The predicted molar refractivity (Wildman–Crippen MR) is 70.3 cm³/mol. The maximum absolute atomic E-state index is 6.14. The van der Waals surface area contributed by atoms with Crippen molar-refractivity contribution in [1.29, 1.82) is 0 Å². The van der Waals surface area contributed by atoms with Crippen LogP contribution in [-0.2, 0) is 0 Å². The second kappa shape index (κ2) is 6.24. The van der Waals surface area contributed by atoms with Crippen molar-refractivity contribution >= 4 is 11.6 Å². The van der Waals surface area contributed by atoms with Crippen LogP contribution in [0.15, 0.2) is 18.2 Å². The van der Waals surface area contributed by atoms with E-state index in [1.165, 1.54) is 5.56 Å². The molecule has 0 aliphatic rings. The van der Waals surface area contributed by atoms with Crippen LogP contribution in [-0.4, -0.2) is 0 Å². The summed E-state index contributed by atoms with van der Waals surface area (Å²) >= 11 is 6.14. The van der Waals surface area contributed by atoms with Crippen molar-refractivity contribution < 1.29 is 0 Å². The molecule has 0 spiro atoms. The van der Waals surface area contributed by atoms with Gasteiger partial charge < -0.3 is 0 Å². The molecule has 2 nitrogen and oxygen atoms in total. The van der Waals surface area contributed by atoms with Gasteiger partial charge in [-0.3, -0.25) is 11.3 Å². The molecule has 1 unspecified atom stereocenters. The Labute approximate surface area is 103 Å². The van der Waals surface area contributed by atoms with Gasteiger partial charge in [0.15, 0.2) is 0 Å². The zero-order valence-electron chi connectivity index (χ0n) is 10.3. The number of benzene rings is 1. The summed E-state index contributed by atoms with van der Waals surface area (Å²) in [6.45, 7) is 6.39. The lowest BCUT2D eigenvalue weighted by Gasteiger charge is -2.25. The summed E-state index contributed by atoms with van der Waals surface area (Å²) in [7, 11) is 0. The fraction of sp³-hybridized carbons (Fsp3) is 0.538. The lowest BCUT2D eigenvalue weighted by Crippen LogP contribution is -2.33. The van der Waals surface area contributed by atoms with E-state index in [9.17, 15) is 0 Å². The largest absolute Gasteiger partial charge is 0.271 e. The van der Waals surface area contributed by atoms with Crippen LogP contribution in [0, 0.1) is 12.8 Å². The van der Waals surface area contributed by atoms with Gasteiger partial charge in [0.05, 0.1) is 0 Å². The van der Waals surface area contributed by atoms with Gasteiger partial charge in [-0.2, -0.15) is 0 Å². The van der Waals surface area contributed by atoms with Crippen molar-refractivity contribution in [2.75, 3.05) is 0 Å². The number of aryl methyl sites for hydroxylation is 1. The van der Waals surface area contributed by atoms with Crippen LogP contribution >= 0.6 is 11.6 Å². The van der Waals surface area contributed by atoms with Gasteiger partial charge >= 0.3 is 0 Å². The summed E-state index contributed by atoms with van der Waals surface area (Å²) in [5.74, 6) is 6.20. The van der Waals surface area contributed by atoms with E-state index in [1.807, 2.05) is 19.1 Å². The second-order valence-electron chi connectivity index (χ2n) is 4.23. The highest BCUT2D eigenvalue weighted by molar-refractivity contribution is 6.31. The summed E-state index contributed by atoms with van der Waals surface area (Å²) in [5.41, 5.74) is 5.18. The van der Waals surface area contributed by atoms with E-state index in [0.29, 0.717) is 5.92 Å². The summed E-state index contributed by atoms with van der Waals surface area (Å²) in [6, 6.07) is 6.35. The van der Waals surface area contributed by atoms with Gasteiger partial charge in [-0.1, -0.05) is 50.4 Å². The Morgan fingerprint density at radius 1 is 1.31 bits per heavy atom. The second-order valence-corrected chi connectivity index (χ2v) is 4.64. The first kappa shape index (κ1) is 13.5. The van der Waals surface area contributed by atoms with Crippen LogP contribution in [0.1, 0.15) is 43.9 Å². The molecule has 0 saturated carbocycles. The highest BCUT2D eigenvalue weighted by Crippen LogP contribution is 2.29. The molecular formula is C13H21ClN2. The standard InChI is InChI=1S/C13H21ClN2/c1-4-10(5-2)13(16-15)11-7-6-9(3)12(14)8-11/h6-8,10,13,16H,4-5,15H2,1-3H3. The number of halogens is 1. The van der Waals surface area contributed by atoms with E-state index < -0.39 is 0 Å². The normalized spacial score (nSPS) is 13.1. The monoisotopic (exact) mass is 240 g/mol. The Morgan fingerprint density at radius 2 is 1.94 bits per heavy atom. The molecule has 0 heterocycles. The van der Waals surface area contributed by atoms with Crippen LogP contribution < -0.4 is 11.3 Å². The first-order chi connectivity index (χ1) is 7.63. The Morgan fingerprint density at radius 3 is 2.38 bits per heavy atom. The zero-order valence-corrected chi connectivity index (χ0v) is 11.0. The minimum Gasteiger partial charge on any atom is -0.271 e. The third-order valence-corrected chi connectivity index (χ3v) is 3.66. The fourth-order valence-corrected chi connectivity index (χ4v) is 2.26. The van der Waals surface area contributed by atoms with Gasteiger partial charge in [0.25, 0.3) is 0 Å². The molecule has 0 amide bonds. The Hall–Kier alpha value is -0.570. The maximum Gasteiger partial charge on any atom is 0.0488 e. The average Bonchev–Trinajstić information content (AvgIpc) is 2.29. The van der Waals surface area contributed by atoms with Gasteiger partial charge in [-0.05, 0) is 30.0 Å². The lowest BCUT2D eigenvalue weighted by atomic mass is 9.89. The number of rotatable bonds is 5. The lowest BCUT2D eigenvalue weighted by molar-refractivity contribution is 0.345. The van der Waals surface area contributed by atoms with Gasteiger partial charge in [-0.15, -0.1) is 0 Å². The molecule has 3 N–H and O–H groups in total. The average molecular weight is 241 g/mol. The summed E-state index contributed by atoms with van der Waals surface area (Å²) in [4.78, 5) is 0. The van der Waals surface area contributed by atoms with Crippen LogP contribution in [0.2, 0.25) is 5.02 Å². The first-order valence-corrected chi connectivity index (χ1v) is 6.24. The van der Waals surface area contributed by atoms with Crippen LogP contribution in [0.5, 0.6) is 0 Å². The van der Waals surface area contributed by atoms with Gasteiger partial charge in [0.2, 0.25) is 0 Å². The quantitative estimate of drug-likeness (QED) is 0.610. The minimum atomic E-state index is 0.188. The van der Waals surface area contributed by atoms with Gasteiger partial charge in [0, 0.05) is 11.1 Å². The molecule has 0 fully saturated rings. The third kappa shape index (κ3) is 2.97. The zero-order chi connectivity index (χ0) is 12.1. The van der Waals surface area contributed by atoms with Crippen molar-refractivity contribution in [3.05, 3.63) is 34.3 Å². The molecule has 1 rings (SSSR count). The smallest absolute Gasteiger partial charge is 0.0488 e. The molecule has 1 atom stereocenters. The van der Waals surface area contributed by atoms with Gasteiger partial charge in [0.1, 0.15) is 0 Å². The molecule has 0 radical (unpaired) electrons. The summed E-state index contributed by atoms with van der Waals surface area (Å²) in [6.07, 6.45) is 2.22. The topological polar surface area (TPSA) is 38.0 Å². The van der Waals surface area contributed by atoms with E-state index in [1.54, 1.807) is 0 Å². The minimum absolute atomic E-state index is 0.188. The Balaban J connectivity index is 2.98. The molecule has 3 heteroatoms. The van der Waals surface area contributed by atoms with E-state index >= 15 is 0 Å². The molecule has 1 aromatic rings. The summed E-state index contributed by atoms with van der Waals surface area (Å²) in [5, 5.41) is 0.809. The highest BCUT2D eigenvalue weighted by atomic mass is 35.5. The molecule has 90 valence electrons. The molecule has 0 saturated heterocycles. The molecule has 0 aliphatic carbocycles. The van der Waals surface area contributed by atoms with Crippen LogP contribution in [0.3, 0.4) is 0 Å². The van der Waals surface area contributed by atoms with E-state index in [2.05, 4.69) is 25.3 Å². The molecule has 0 aromatic heterocycles. The van der Waals surface area contributed by atoms with Gasteiger partial charge in [-0.25, -0.2) is 0 Å². The first-order valence-electron chi connectivity index (χ1n) is 5.86. The van der Waals surface area contributed by atoms with Crippen molar-refractivity contribution in [1.82, 2.24) is 5.43 Å². The van der Waals surface area contributed by atoms with E-state index in [4.69, 9.17) is 17.4 Å². The number of hydrogen-bond acceptors (Lipinski definition) is 2. The highest BCUT2D eigenvalue weighted by Gasteiger charge is 2.19. The number of hydrazine groups is 1. The van der Waals surface area contributed by atoms with Crippen molar-refractivity contribution in [3.8, 4) is 0 Å². The van der Waals surface area contributed by atoms with Crippen molar-refractivity contribution in [2.45, 2.75) is 39.7 Å². The van der Waals surface area contributed by atoms with Crippen molar-refractivity contribution in [2.24, 2.45) is 11.8 Å². The molecule has 0 aliphatic heterocycles. The van der Waals surface area contributed by atoms with Crippen LogP contribution in [0.25, 0.3) is 0 Å². The Bertz CT molecular complexity index is 335. The molecule has 0 bridgehead atoms. The molecule has 1 aromatic carbocycles. The maximum atomic E-state index is 6.14. The SMILES string of the molecule is CCC(CC)C(NN)c1ccc(C)c(Cl)c1. The predicted octanol–water partition coefficient (Wildman–Crippen LogP) is 3.59. The third-order valence-electron chi connectivity index (χ3n) is 3.25. The van der Waals surface area contributed by atoms with E-state index in [0.717, 1.165) is 23.4 Å². The Kier molecular flexibility index (Phi) is 5.26. The van der Waals surface area contributed by atoms with E-state index in [-0.39, 0.29) is 6.04 Å². The van der Waals surface area contributed by atoms with Crippen molar-refractivity contribution in [3.63, 3.8) is 0 Å². The summed E-state index contributed by atoms with van der Waals surface area (Å²) < 4.78 is 0. The number of nitrogens with two attached hydrogens (primary N) is 1. The number of hydrogen-bond donors (Lipinski definition) is 2. The number of nitrogens with one attached hydrogen (secondary N) is 1. The molecule has 16 heavy (non-hydrogen) atoms. The van der Waals surface area contributed by atoms with Crippen LogP contribution in [0.4, 0.5) is 0 Å². The fourth-order valence-electron chi connectivity index (χ4n) is 2.07. The molecular weight excluding hydrogens is 220 g/mol.